The van der Waals surface area contributed by atoms with E-state index >= 15 is 0 Å². The van der Waals surface area contributed by atoms with Crippen molar-refractivity contribution < 1.29 is 4.52 Å². The molecule has 3 aromatic rings. The third kappa shape index (κ3) is 4.16. The van der Waals surface area contributed by atoms with Crippen molar-refractivity contribution in [1.29, 1.82) is 0 Å². The molecule has 0 aliphatic carbocycles. The molecule has 1 aromatic carbocycles. The second-order valence-electron chi connectivity index (χ2n) is 5.92. The predicted molar refractivity (Wildman–Crippen MR) is 104 cm³/mol. The number of hydrogen-bond donors (Lipinski definition) is 2. The topological polar surface area (TPSA) is 103 Å². The maximum atomic E-state index is 5.88. The fourth-order valence-corrected chi connectivity index (χ4v) is 2.68. The first kappa shape index (κ1) is 17.4. The average molecular weight is 347 g/mol. The van der Waals surface area contributed by atoms with E-state index in [1.807, 2.05) is 18.2 Å². The fraction of sp³-hybridized carbons (Fsp3) is 0.150. The smallest absolute Gasteiger partial charge is 0.170 e. The van der Waals surface area contributed by atoms with Gasteiger partial charge >= 0.3 is 0 Å². The van der Waals surface area contributed by atoms with Crippen LogP contribution in [0.3, 0.4) is 0 Å². The lowest BCUT2D eigenvalue weighted by Crippen LogP contribution is -1.97. The van der Waals surface area contributed by atoms with Crippen LogP contribution in [-0.4, -0.2) is 23.4 Å². The minimum atomic E-state index is 0.430. The summed E-state index contributed by atoms with van der Waals surface area (Å²) in [4.78, 5) is 8.07. The van der Waals surface area contributed by atoms with E-state index in [1.54, 1.807) is 25.7 Å². The molecule has 26 heavy (non-hydrogen) atoms. The lowest BCUT2D eigenvalue weighted by atomic mass is 10.0. The lowest BCUT2D eigenvalue weighted by Gasteiger charge is -2.03. The molecule has 0 fully saturated rings. The highest BCUT2D eigenvalue weighted by molar-refractivity contribution is 5.78. The van der Waals surface area contributed by atoms with Crippen LogP contribution in [0, 0.1) is 0 Å². The molecule has 0 bridgehead atoms. The maximum Gasteiger partial charge on any atom is 0.170 e. The van der Waals surface area contributed by atoms with Crippen LogP contribution in [0.2, 0.25) is 0 Å². The molecule has 6 heteroatoms. The third-order valence-corrected chi connectivity index (χ3v) is 3.99. The molecule has 0 aliphatic rings. The minimum absolute atomic E-state index is 0.430. The molecule has 132 valence electrons. The van der Waals surface area contributed by atoms with Crippen LogP contribution >= 0.6 is 0 Å². The van der Waals surface area contributed by atoms with Crippen molar-refractivity contribution >= 4 is 12.0 Å². The molecule has 0 amide bonds. The Morgan fingerprint density at radius 1 is 1.19 bits per heavy atom. The molecule has 0 saturated heterocycles. The number of benzene rings is 1. The van der Waals surface area contributed by atoms with Gasteiger partial charge in [-0.1, -0.05) is 29.4 Å². The minimum Gasteiger partial charge on any atom is -0.404 e. The molecule has 0 atom stereocenters. The van der Waals surface area contributed by atoms with Crippen LogP contribution in [0.4, 0.5) is 5.82 Å². The van der Waals surface area contributed by atoms with Gasteiger partial charge < -0.3 is 16.0 Å². The molecule has 0 radical (unpaired) electrons. The van der Waals surface area contributed by atoms with Gasteiger partial charge in [0, 0.05) is 38.4 Å². The molecule has 0 saturated carbocycles. The molecular weight excluding hydrogens is 326 g/mol. The van der Waals surface area contributed by atoms with Gasteiger partial charge in [-0.15, -0.1) is 0 Å². The van der Waals surface area contributed by atoms with Gasteiger partial charge in [0.25, 0.3) is 0 Å². The van der Waals surface area contributed by atoms with E-state index in [2.05, 4.69) is 39.4 Å². The molecule has 0 aliphatic heterocycles. The van der Waals surface area contributed by atoms with Crippen molar-refractivity contribution in [1.82, 2.24) is 10.1 Å². The molecule has 3 rings (SSSR count). The Bertz CT molecular complexity index is 925. The number of aliphatic imine (C=N–C) groups is 1. The van der Waals surface area contributed by atoms with Gasteiger partial charge in [-0.05, 0) is 35.0 Å². The Morgan fingerprint density at radius 2 is 1.96 bits per heavy atom. The number of allylic oxidation sites excluding steroid dienone is 1. The van der Waals surface area contributed by atoms with E-state index < -0.39 is 0 Å². The van der Waals surface area contributed by atoms with Crippen LogP contribution < -0.4 is 11.5 Å². The Hall–Kier alpha value is -3.41. The molecule has 2 aromatic heterocycles. The van der Waals surface area contributed by atoms with E-state index in [0.29, 0.717) is 18.0 Å². The Labute approximate surface area is 152 Å². The first-order valence-corrected chi connectivity index (χ1v) is 8.27. The summed E-state index contributed by atoms with van der Waals surface area (Å²) in [7, 11) is 1.73. The Balaban J connectivity index is 1.69. The molecule has 2 heterocycles. The second kappa shape index (κ2) is 8.11. The van der Waals surface area contributed by atoms with Gasteiger partial charge in [0.1, 0.15) is 5.82 Å². The van der Waals surface area contributed by atoms with Gasteiger partial charge in [-0.3, -0.25) is 4.99 Å². The number of anilines is 1. The highest BCUT2D eigenvalue weighted by Gasteiger charge is 2.10. The van der Waals surface area contributed by atoms with Crippen molar-refractivity contribution in [3.63, 3.8) is 0 Å². The van der Waals surface area contributed by atoms with Gasteiger partial charge in [0.2, 0.25) is 0 Å². The Morgan fingerprint density at radius 3 is 2.65 bits per heavy atom. The SMILES string of the molecule is CN=CC(=CN)Cc1ccc(Cc2cc(-c3cccnc3N)on2)cc1. The highest BCUT2D eigenvalue weighted by Crippen LogP contribution is 2.25. The van der Waals surface area contributed by atoms with Gasteiger partial charge in [0.05, 0.1) is 11.3 Å². The Kier molecular flexibility index (Phi) is 5.43. The summed E-state index contributed by atoms with van der Waals surface area (Å²) in [5, 5.41) is 4.14. The quantitative estimate of drug-likeness (QED) is 0.667. The number of pyridine rings is 1. The van der Waals surface area contributed by atoms with Crippen LogP contribution in [0.5, 0.6) is 0 Å². The number of nitrogens with two attached hydrogens (primary N) is 2. The normalized spacial score (nSPS) is 12.0. The van der Waals surface area contributed by atoms with Crippen LogP contribution in [0.25, 0.3) is 11.3 Å². The summed E-state index contributed by atoms with van der Waals surface area (Å²) in [6, 6.07) is 13.9. The zero-order valence-electron chi connectivity index (χ0n) is 14.6. The summed E-state index contributed by atoms with van der Waals surface area (Å²) in [5.41, 5.74) is 16.4. The number of nitrogens with zero attached hydrogens (tertiary/aromatic N) is 3. The summed E-state index contributed by atoms with van der Waals surface area (Å²) in [5.74, 6) is 1.05. The zero-order chi connectivity index (χ0) is 18.4. The molecule has 6 nitrogen and oxygen atoms in total. The first-order chi connectivity index (χ1) is 12.7. The van der Waals surface area contributed by atoms with Crippen molar-refractivity contribution in [2.45, 2.75) is 12.8 Å². The number of hydrogen-bond acceptors (Lipinski definition) is 6. The molecule has 0 spiro atoms. The van der Waals surface area contributed by atoms with Crippen molar-refractivity contribution in [2.24, 2.45) is 10.7 Å². The first-order valence-electron chi connectivity index (χ1n) is 8.27. The van der Waals surface area contributed by atoms with E-state index in [4.69, 9.17) is 16.0 Å². The number of aromatic nitrogens is 2. The fourth-order valence-electron chi connectivity index (χ4n) is 2.68. The summed E-state index contributed by atoms with van der Waals surface area (Å²) in [6.45, 7) is 0. The van der Waals surface area contributed by atoms with Crippen molar-refractivity contribution in [2.75, 3.05) is 12.8 Å². The summed E-state index contributed by atoms with van der Waals surface area (Å²) in [6.07, 6.45) is 6.44. The van der Waals surface area contributed by atoms with E-state index in [9.17, 15) is 0 Å². The second-order valence-corrected chi connectivity index (χ2v) is 5.92. The third-order valence-electron chi connectivity index (χ3n) is 3.99. The van der Waals surface area contributed by atoms with E-state index in [-0.39, 0.29) is 0 Å². The van der Waals surface area contributed by atoms with E-state index in [0.717, 1.165) is 28.8 Å². The predicted octanol–water partition coefficient (Wildman–Crippen LogP) is 3.00. The van der Waals surface area contributed by atoms with E-state index in [1.165, 1.54) is 5.56 Å². The summed E-state index contributed by atoms with van der Waals surface area (Å²) < 4.78 is 5.42. The number of nitrogen functional groups attached to an aromatic ring is 1. The summed E-state index contributed by atoms with van der Waals surface area (Å²) >= 11 is 0. The van der Waals surface area contributed by atoms with Gasteiger partial charge in [0.15, 0.2) is 5.76 Å². The van der Waals surface area contributed by atoms with Gasteiger partial charge in [-0.25, -0.2) is 4.98 Å². The van der Waals surface area contributed by atoms with Crippen LogP contribution in [0.1, 0.15) is 16.8 Å². The van der Waals surface area contributed by atoms with Crippen molar-refractivity contribution in [3.8, 4) is 11.3 Å². The largest absolute Gasteiger partial charge is 0.404 e. The average Bonchev–Trinajstić information content (AvgIpc) is 3.11. The molecule has 4 N–H and O–H groups in total. The van der Waals surface area contributed by atoms with Crippen LogP contribution in [0.15, 0.2) is 69.9 Å². The highest BCUT2D eigenvalue weighted by atomic mass is 16.5. The molecular formula is C20H21N5O. The van der Waals surface area contributed by atoms with Crippen LogP contribution in [-0.2, 0) is 12.8 Å². The number of rotatable bonds is 6. The zero-order valence-corrected chi connectivity index (χ0v) is 14.6. The molecule has 0 unspecified atom stereocenters. The monoisotopic (exact) mass is 347 g/mol. The maximum absolute atomic E-state index is 5.88. The van der Waals surface area contributed by atoms with Crippen molar-refractivity contribution in [3.05, 3.63) is 77.3 Å². The lowest BCUT2D eigenvalue weighted by molar-refractivity contribution is 0.425. The standard InChI is InChI=1S/C20H21N5O/c1-23-13-16(12-21)9-14-4-6-15(7-5-14)10-17-11-19(26-25-17)18-3-2-8-24-20(18)22/h2-8,11-13H,9-10,21H2,1H3,(H2,22,24). The van der Waals surface area contributed by atoms with Gasteiger partial charge in [-0.2, -0.15) is 0 Å².